The van der Waals surface area contributed by atoms with Gasteiger partial charge < -0.3 is 15.0 Å². The van der Waals surface area contributed by atoms with Crippen LogP contribution in [-0.2, 0) is 16.1 Å². The Bertz CT molecular complexity index is 918. The van der Waals surface area contributed by atoms with E-state index in [4.69, 9.17) is 4.74 Å². The molecule has 3 N–H and O–H groups in total. The Morgan fingerprint density at radius 1 is 1.18 bits per heavy atom. The molecular formula is C24H34N6O3. The van der Waals surface area contributed by atoms with Gasteiger partial charge in [-0.15, -0.1) is 0 Å². The molecule has 9 nitrogen and oxygen atoms in total. The average Bonchev–Trinajstić information content (AvgIpc) is 3.32. The van der Waals surface area contributed by atoms with E-state index in [1.165, 1.54) is 32.1 Å². The van der Waals surface area contributed by atoms with E-state index in [9.17, 15) is 9.59 Å². The van der Waals surface area contributed by atoms with E-state index in [1.807, 2.05) is 37.4 Å². The number of rotatable bonds is 9. The molecule has 3 unspecified atom stereocenters. The molecule has 0 bridgehead atoms. The molecule has 1 aliphatic heterocycles. The number of likely N-dealkylation sites (N-methyl/N-ethyl adjacent to an activating group) is 1. The molecule has 1 aliphatic carbocycles. The predicted octanol–water partition coefficient (Wildman–Crippen LogP) is 2.17. The molecule has 2 heterocycles. The van der Waals surface area contributed by atoms with E-state index < -0.39 is 0 Å². The van der Waals surface area contributed by atoms with Crippen LogP contribution in [0.3, 0.4) is 0 Å². The number of carbonyl (C=O) groups is 2. The van der Waals surface area contributed by atoms with E-state index in [0.29, 0.717) is 30.8 Å². The molecule has 178 valence electrons. The first-order valence-corrected chi connectivity index (χ1v) is 11.8. The number of hydrogen-bond donors (Lipinski definition) is 3. The van der Waals surface area contributed by atoms with Gasteiger partial charge in [-0.25, -0.2) is 0 Å². The van der Waals surface area contributed by atoms with Crippen LogP contribution >= 0.6 is 0 Å². The standard InChI is InChI=1S/C24H34N6O3/c1-29(16-22-20-10-6-3-7-11-21(20)27-28-22)24(32)17-30-15-18(14-25-30)26-23(31)12-13-33-19-8-4-2-5-9-19/h2,4-5,8-9,14-15,20-22,27-28H,3,6-7,10-13,16-17H2,1H3,(H,26,31). The molecule has 2 fully saturated rings. The molecule has 0 radical (unpaired) electrons. The van der Waals surface area contributed by atoms with Crippen molar-refractivity contribution in [2.24, 2.45) is 5.92 Å². The fraction of sp³-hybridized carbons (Fsp3) is 0.542. The van der Waals surface area contributed by atoms with Crippen molar-refractivity contribution in [1.82, 2.24) is 25.5 Å². The number of benzene rings is 1. The van der Waals surface area contributed by atoms with E-state index in [-0.39, 0.29) is 30.8 Å². The smallest absolute Gasteiger partial charge is 0.244 e. The van der Waals surface area contributed by atoms with E-state index in [0.717, 1.165) is 5.75 Å². The summed E-state index contributed by atoms with van der Waals surface area (Å²) in [6.45, 7) is 1.09. The van der Waals surface area contributed by atoms with Crippen LogP contribution in [0.2, 0.25) is 0 Å². The maximum atomic E-state index is 12.7. The largest absolute Gasteiger partial charge is 0.493 e. The molecule has 3 atom stereocenters. The Kier molecular flexibility index (Phi) is 7.96. The maximum absolute atomic E-state index is 12.7. The topological polar surface area (TPSA) is 101 Å². The van der Waals surface area contributed by atoms with Gasteiger partial charge in [0.25, 0.3) is 0 Å². The Morgan fingerprint density at radius 2 is 2.00 bits per heavy atom. The second kappa shape index (κ2) is 11.3. The van der Waals surface area contributed by atoms with Gasteiger partial charge in [0.2, 0.25) is 11.8 Å². The Balaban J connectivity index is 1.20. The van der Waals surface area contributed by atoms with Crippen LogP contribution in [0, 0.1) is 5.92 Å². The van der Waals surface area contributed by atoms with Gasteiger partial charge in [-0.05, 0) is 30.9 Å². The highest BCUT2D eigenvalue weighted by Crippen LogP contribution is 2.29. The number of hydrazine groups is 1. The number of amides is 2. The van der Waals surface area contributed by atoms with Gasteiger partial charge >= 0.3 is 0 Å². The third-order valence-electron chi connectivity index (χ3n) is 6.49. The summed E-state index contributed by atoms with van der Waals surface area (Å²) in [5, 5.41) is 7.03. The summed E-state index contributed by atoms with van der Waals surface area (Å²) >= 11 is 0. The number of aromatic nitrogens is 2. The second-order valence-corrected chi connectivity index (χ2v) is 8.96. The summed E-state index contributed by atoms with van der Waals surface area (Å²) < 4.78 is 7.11. The van der Waals surface area contributed by atoms with Crippen molar-refractivity contribution in [2.75, 3.05) is 25.5 Å². The number of fused-ring (bicyclic) bond motifs is 1. The first-order valence-electron chi connectivity index (χ1n) is 11.8. The lowest BCUT2D eigenvalue weighted by atomic mass is 9.90. The summed E-state index contributed by atoms with van der Waals surface area (Å²) in [7, 11) is 1.84. The second-order valence-electron chi connectivity index (χ2n) is 8.96. The highest BCUT2D eigenvalue weighted by atomic mass is 16.5. The van der Waals surface area contributed by atoms with Gasteiger partial charge in [0.1, 0.15) is 12.3 Å². The molecule has 2 aromatic rings. The number of para-hydroxylation sites is 1. The summed E-state index contributed by atoms with van der Waals surface area (Å²) in [6.07, 6.45) is 9.71. The molecule has 1 saturated carbocycles. The lowest BCUT2D eigenvalue weighted by molar-refractivity contribution is -0.131. The summed E-state index contributed by atoms with van der Waals surface area (Å²) in [5.74, 6) is 1.14. The van der Waals surface area contributed by atoms with Gasteiger partial charge in [-0.3, -0.25) is 25.1 Å². The van der Waals surface area contributed by atoms with E-state index in [2.05, 4.69) is 21.3 Å². The third-order valence-corrected chi connectivity index (χ3v) is 6.49. The van der Waals surface area contributed by atoms with Crippen LogP contribution in [-0.4, -0.2) is 58.8 Å². The zero-order valence-electron chi connectivity index (χ0n) is 19.2. The molecule has 2 aliphatic rings. The number of ether oxygens (including phenoxy) is 1. The molecule has 4 rings (SSSR count). The summed E-state index contributed by atoms with van der Waals surface area (Å²) in [5.41, 5.74) is 7.41. The fourth-order valence-electron chi connectivity index (χ4n) is 4.67. The van der Waals surface area contributed by atoms with Crippen LogP contribution in [0.25, 0.3) is 0 Å². The Labute approximate surface area is 194 Å². The van der Waals surface area contributed by atoms with E-state index in [1.54, 1.807) is 22.0 Å². The van der Waals surface area contributed by atoms with Crippen molar-refractivity contribution in [2.45, 2.75) is 57.2 Å². The lowest BCUT2D eigenvalue weighted by Gasteiger charge is -2.26. The van der Waals surface area contributed by atoms with Crippen molar-refractivity contribution in [3.05, 3.63) is 42.7 Å². The normalized spacial score (nSPS) is 22.3. The van der Waals surface area contributed by atoms with Crippen LogP contribution in [0.1, 0.15) is 38.5 Å². The summed E-state index contributed by atoms with van der Waals surface area (Å²) in [4.78, 5) is 26.7. The molecule has 33 heavy (non-hydrogen) atoms. The van der Waals surface area contributed by atoms with Gasteiger partial charge in [-0.2, -0.15) is 5.10 Å². The molecular weight excluding hydrogens is 420 g/mol. The number of anilines is 1. The quantitative estimate of drug-likeness (QED) is 0.537. The zero-order valence-corrected chi connectivity index (χ0v) is 19.2. The van der Waals surface area contributed by atoms with Crippen LogP contribution < -0.4 is 20.9 Å². The van der Waals surface area contributed by atoms with Crippen molar-refractivity contribution in [3.63, 3.8) is 0 Å². The van der Waals surface area contributed by atoms with Crippen LogP contribution in [0.5, 0.6) is 5.75 Å². The SMILES string of the molecule is CN(CC1NNC2CCCCCC21)C(=O)Cn1cc(NC(=O)CCOc2ccccc2)cn1. The van der Waals surface area contributed by atoms with Crippen LogP contribution in [0.15, 0.2) is 42.7 Å². The minimum atomic E-state index is -0.160. The zero-order chi connectivity index (χ0) is 23.0. The van der Waals surface area contributed by atoms with Crippen molar-refractivity contribution in [3.8, 4) is 5.75 Å². The molecule has 1 aromatic carbocycles. The first kappa shape index (κ1) is 23.3. The van der Waals surface area contributed by atoms with Crippen molar-refractivity contribution >= 4 is 17.5 Å². The highest BCUT2D eigenvalue weighted by molar-refractivity contribution is 5.90. The van der Waals surface area contributed by atoms with Crippen LogP contribution in [0.4, 0.5) is 5.69 Å². The third kappa shape index (κ3) is 6.55. The average molecular weight is 455 g/mol. The monoisotopic (exact) mass is 454 g/mol. The Hall–Kier alpha value is -2.91. The predicted molar refractivity (Wildman–Crippen MR) is 125 cm³/mol. The minimum Gasteiger partial charge on any atom is -0.493 e. The molecule has 2 amide bonds. The van der Waals surface area contributed by atoms with Crippen molar-refractivity contribution in [1.29, 1.82) is 0 Å². The number of nitrogens with zero attached hydrogens (tertiary/aromatic N) is 3. The number of carbonyl (C=O) groups excluding carboxylic acids is 2. The molecule has 1 aromatic heterocycles. The van der Waals surface area contributed by atoms with Gasteiger partial charge in [0.15, 0.2) is 0 Å². The van der Waals surface area contributed by atoms with Gasteiger partial charge in [0.05, 0.1) is 24.9 Å². The molecule has 1 saturated heterocycles. The van der Waals surface area contributed by atoms with Gasteiger partial charge in [-0.1, -0.05) is 37.5 Å². The lowest BCUT2D eigenvalue weighted by Crippen LogP contribution is -2.44. The Morgan fingerprint density at radius 3 is 2.85 bits per heavy atom. The minimum absolute atomic E-state index is 0.00823. The fourth-order valence-corrected chi connectivity index (χ4v) is 4.67. The maximum Gasteiger partial charge on any atom is 0.244 e. The van der Waals surface area contributed by atoms with Crippen molar-refractivity contribution < 1.29 is 14.3 Å². The highest BCUT2D eigenvalue weighted by Gasteiger charge is 2.37. The number of nitrogens with one attached hydrogen (secondary N) is 3. The molecule has 0 spiro atoms. The number of hydrogen-bond acceptors (Lipinski definition) is 6. The first-order chi connectivity index (χ1) is 16.1. The van der Waals surface area contributed by atoms with Gasteiger partial charge in [0, 0.05) is 31.9 Å². The summed E-state index contributed by atoms with van der Waals surface area (Å²) in [6, 6.07) is 10.2. The molecule has 9 heteroatoms. The van der Waals surface area contributed by atoms with E-state index >= 15 is 0 Å².